The lowest BCUT2D eigenvalue weighted by atomic mass is 9.95. The molecule has 8 heteroatoms. The van der Waals surface area contributed by atoms with Gasteiger partial charge in [0, 0.05) is 6.54 Å². The van der Waals surface area contributed by atoms with Gasteiger partial charge >= 0.3 is 0 Å². The Morgan fingerprint density at radius 1 is 1.19 bits per heavy atom. The lowest BCUT2D eigenvalue weighted by Gasteiger charge is -2.34. The maximum Gasteiger partial charge on any atom is 0.245 e. The summed E-state index contributed by atoms with van der Waals surface area (Å²) < 4.78 is 26.5. The third-order valence-electron chi connectivity index (χ3n) is 4.86. The topological polar surface area (TPSA) is 95.2 Å². The number of nitrogens with one attached hydrogen (secondary N) is 2. The zero-order valence-corrected chi connectivity index (χ0v) is 15.7. The van der Waals surface area contributed by atoms with E-state index >= 15 is 0 Å². The Kier molecular flexibility index (Phi) is 4.45. The van der Waals surface area contributed by atoms with Crippen LogP contribution in [0.2, 0.25) is 0 Å². The van der Waals surface area contributed by atoms with Crippen molar-refractivity contribution in [3.8, 4) is 0 Å². The number of aromatic amines is 1. The highest BCUT2D eigenvalue weighted by molar-refractivity contribution is 7.89. The molecule has 0 radical (unpaired) electrons. The second-order valence-corrected chi connectivity index (χ2v) is 8.74. The van der Waals surface area contributed by atoms with Crippen molar-refractivity contribution in [1.82, 2.24) is 14.3 Å². The molecule has 140 valence electrons. The van der Waals surface area contributed by atoms with E-state index in [2.05, 4.69) is 15.3 Å². The van der Waals surface area contributed by atoms with Crippen LogP contribution >= 0.6 is 0 Å². The van der Waals surface area contributed by atoms with Crippen molar-refractivity contribution in [2.75, 3.05) is 11.1 Å². The Labute approximate surface area is 157 Å². The van der Waals surface area contributed by atoms with Crippen molar-refractivity contribution < 1.29 is 13.2 Å². The Balaban J connectivity index is 1.65. The summed E-state index contributed by atoms with van der Waals surface area (Å²) in [7, 11) is -3.53. The molecule has 1 amide bonds. The number of nitrogens with zero attached hydrogens (tertiary/aromatic N) is 2. The number of para-hydroxylation sites is 2. The second-order valence-electron chi connectivity index (χ2n) is 6.53. The van der Waals surface area contributed by atoms with E-state index in [1.807, 2.05) is 48.5 Å². The van der Waals surface area contributed by atoms with Crippen LogP contribution in [-0.2, 0) is 27.8 Å². The van der Waals surface area contributed by atoms with E-state index in [0.717, 1.165) is 22.2 Å². The summed E-state index contributed by atoms with van der Waals surface area (Å²) in [6.07, 6.45) is 0.335. The molecule has 2 heterocycles. The van der Waals surface area contributed by atoms with Crippen LogP contribution in [0.4, 0.5) is 5.95 Å². The number of carbonyl (C=O) groups is 1. The number of imidazole rings is 1. The van der Waals surface area contributed by atoms with E-state index in [-0.39, 0.29) is 18.2 Å². The molecule has 0 spiro atoms. The minimum absolute atomic E-state index is 0.0520. The van der Waals surface area contributed by atoms with Crippen molar-refractivity contribution >= 4 is 32.9 Å². The number of aromatic nitrogens is 2. The van der Waals surface area contributed by atoms with Gasteiger partial charge in [-0.3, -0.25) is 10.1 Å². The summed E-state index contributed by atoms with van der Waals surface area (Å²) in [5, 5.41) is 2.75. The Hall–Kier alpha value is -2.71. The number of fused-ring (bicyclic) bond motifs is 2. The van der Waals surface area contributed by atoms with E-state index in [1.165, 1.54) is 4.31 Å². The van der Waals surface area contributed by atoms with Gasteiger partial charge in [-0.25, -0.2) is 13.4 Å². The van der Waals surface area contributed by atoms with Crippen LogP contribution in [0.15, 0.2) is 48.5 Å². The van der Waals surface area contributed by atoms with Crippen LogP contribution in [0.5, 0.6) is 0 Å². The summed E-state index contributed by atoms with van der Waals surface area (Å²) in [5.74, 6) is -0.127. The van der Waals surface area contributed by atoms with Crippen LogP contribution in [0.3, 0.4) is 0 Å². The molecule has 0 saturated heterocycles. The van der Waals surface area contributed by atoms with E-state index < -0.39 is 16.1 Å². The van der Waals surface area contributed by atoms with Gasteiger partial charge in [-0.1, -0.05) is 36.4 Å². The van der Waals surface area contributed by atoms with E-state index in [9.17, 15) is 13.2 Å². The molecule has 0 aliphatic carbocycles. The fraction of sp³-hybridized carbons (Fsp3) is 0.263. The standard InChI is InChI=1S/C19H20N4O3S/c1-2-27(25,26)23-12-14-8-4-3-7-13(14)11-17(23)18(24)22-19-20-15-9-5-6-10-16(15)21-19/h3-10,17H,2,11-12H2,1H3,(H2,20,21,22,24)/t17-/m0/s1. The Morgan fingerprint density at radius 3 is 2.63 bits per heavy atom. The molecule has 2 aromatic carbocycles. The van der Waals surface area contributed by atoms with Crippen molar-refractivity contribution in [2.24, 2.45) is 0 Å². The normalized spacial score (nSPS) is 17.6. The molecule has 1 atom stereocenters. The maximum absolute atomic E-state index is 12.9. The minimum Gasteiger partial charge on any atom is -0.324 e. The molecule has 1 aromatic heterocycles. The first-order valence-corrected chi connectivity index (χ1v) is 10.4. The number of rotatable bonds is 4. The average Bonchev–Trinajstić information content (AvgIpc) is 3.09. The zero-order valence-electron chi connectivity index (χ0n) is 14.8. The molecule has 0 saturated carbocycles. The fourth-order valence-electron chi connectivity index (χ4n) is 3.39. The van der Waals surface area contributed by atoms with Crippen molar-refractivity contribution in [3.05, 3.63) is 59.7 Å². The van der Waals surface area contributed by atoms with Crippen molar-refractivity contribution in [3.63, 3.8) is 0 Å². The highest BCUT2D eigenvalue weighted by atomic mass is 32.2. The molecule has 1 aliphatic rings. The van der Waals surface area contributed by atoms with Gasteiger partial charge in [0.25, 0.3) is 0 Å². The summed E-state index contributed by atoms with van der Waals surface area (Å²) in [4.78, 5) is 20.3. The second kappa shape index (κ2) is 6.79. The quantitative estimate of drug-likeness (QED) is 0.721. The number of carbonyl (C=O) groups excluding carboxylic acids is 1. The third kappa shape index (κ3) is 3.33. The molecule has 1 aliphatic heterocycles. The monoisotopic (exact) mass is 384 g/mol. The molecule has 2 N–H and O–H groups in total. The van der Waals surface area contributed by atoms with E-state index in [4.69, 9.17) is 0 Å². The van der Waals surface area contributed by atoms with Gasteiger partial charge < -0.3 is 4.98 Å². The number of H-pyrrole nitrogens is 1. The number of benzene rings is 2. The molecule has 0 unspecified atom stereocenters. The lowest BCUT2D eigenvalue weighted by Crippen LogP contribution is -2.51. The van der Waals surface area contributed by atoms with Gasteiger partial charge in [0.1, 0.15) is 6.04 Å². The van der Waals surface area contributed by atoms with E-state index in [1.54, 1.807) is 6.92 Å². The van der Waals surface area contributed by atoms with Crippen LogP contribution in [-0.4, -0.2) is 40.4 Å². The minimum atomic E-state index is -3.53. The molecule has 7 nitrogen and oxygen atoms in total. The predicted octanol–water partition coefficient (Wildman–Crippen LogP) is 2.28. The third-order valence-corrected chi connectivity index (χ3v) is 6.69. The number of amides is 1. The predicted molar refractivity (Wildman–Crippen MR) is 104 cm³/mol. The summed E-state index contributed by atoms with van der Waals surface area (Å²) in [5.41, 5.74) is 3.46. The number of hydrogen-bond donors (Lipinski definition) is 2. The van der Waals surface area contributed by atoms with Gasteiger partial charge in [0.2, 0.25) is 21.9 Å². The number of anilines is 1. The maximum atomic E-state index is 12.9. The first-order chi connectivity index (χ1) is 13.0. The largest absolute Gasteiger partial charge is 0.324 e. The average molecular weight is 384 g/mol. The van der Waals surface area contributed by atoms with Crippen LogP contribution in [0, 0.1) is 0 Å². The van der Waals surface area contributed by atoms with Crippen molar-refractivity contribution in [2.45, 2.75) is 25.9 Å². The molecular formula is C19H20N4O3S. The smallest absolute Gasteiger partial charge is 0.245 e. The first kappa shape index (κ1) is 17.7. The molecule has 3 aromatic rings. The van der Waals surface area contributed by atoms with Crippen molar-refractivity contribution in [1.29, 1.82) is 0 Å². The van der Waals surface area contributed by atoms with Crippen LogP contribution in [0.1, 0.15) is 18.1 Å². The first-order valence-electron chi connectivity index (χ1n) is 8.80. The highest BCUT2D eigenvalue weighted by Crippen LogP contribution is 2.27. The molecule has 27 heavy (non-hydrogen) atoms. The molecule has 0 bridgehead atoms. The SMILES string of the molecule is CCS(=O)(=O)N1Cc2ccccc2C[C@H]1C(=O)Nc1nc2ccccc2[nH]1. The summed E-state index contributed by atoms with van der Waals surface area (Å²) >= 11 is 0. The molecule has 0 fully saturated rings. The Morgan fingerprint density at radius 2 is 1.89 bits per heavy atom. The summed E-state index contributed by atoms with van der Waals surface area (Å²) in [6, 6.07) is 14.3. The molecular weight excluding hydrogens is 364 g/mol. The fourth-order valence-corrected chi connectivity index (χ4v) is 4.62. The van der Waals surface area contributed by atoms with Gasteiger partial charge in [-0.2, -0.15) is 4.31 Å². The van der Waals surface area contributed by atoms with Crippen LogP contribution in [0.25, 0.3) is 11.0 Å². The number of hydrogen-bond acceptors (Lipinski definition) is 4. The van der Waals surface area contributed by atoms with Gasteiger partial charge in [0.05, 0.1) is 16.8 Å². The Bertz CT molecular complexity index is 1070. The van der Waals surface area contributed by atoms with Gasteiger partial charge in [0.15, 0.2) is 0 Å². The lowest BCUT2D eigenvalue weighted by molar-refractivity contribution is -0.120. The number of sulfonamides is 1. The van der Waals surface area contributed by atoms with Crippen LogP contribution < -0.4 is 5.32 Å². The highest BCUT2D eigenvalue weighted by Gasteiger charge is 2.38. The zero-order chi connectivity index (χ0) is 19.0. The van der Waals surface area contributed by atoms with Gasteiger partial charge in [-0.05, 0) is 36.6 Å². The molecule has 4 rings (SSSR count). The summed E-state index contributed by atoms with van der Waals surface area (Å²) in [6.45, 7) is 1.79. The van der Waals surface area contributed by atoms with E-state index in [0.29, 0.717) is 12.4 Å². The van der Waals surface area contributed by atoms with Gasteiger partial charge in [-0.15, -0.1) is 0 Å².